The van der Waals surface area contributed by atoms with Crippen molar-refractivity contribution in [3.05, 3.63) is 65.0 Å². The Balaban J connectivity index is 0.00000363. The minimum Gasteiger partial charge on any atom is -0.434 e. The summed E-state index contributed by atoms with van der Waals surface area (Å²) in [6.07, 6.45) is 1.51. The largest absolute Gasteiger partial charge is 0.434 e. The van der Waals surface area contributed by atoms with Crippen molar-refractivity contribution >= 4 is 29.9 Å². The van der Waals surface area contributed by atoms with Gasteiger partial charge in [0, 0.05) is 44.3 Å². The van der Waals surface area contributed by atoms with Gasteiger partial charge < -0.3 is 20.1 Å². The zero-order valence-electron chi connectivity index (χ0n) is 18.2. The van der Waals surface area contributed by atoms with Crippen LogP contribution in [0.25, 0.3) is 0 Å². The third kappa shape index (κ3) is 6.99. The van der Waals surface area contributed by atoms with E-state index >= 15 is 0 Å². The van der Waals surface area contributed by atoms with Crippen molar-refractivity contribution in [1.82, 2.24) is 10.6 Å². The van der Waals surface area contributed by atoms with E-state index < -0.39 is 6.61 Å². The lowest BCUT2D eigenvalue weighted by Crippen LogP contribution is -2.48. The molecule has 1 fully saturated rings. The third-order valence-electron chi connectivity index (χ3n) is 5.58. The van der Waals surface area contributed by atoms with Crippen LogP contribution in [0.2, 0.25) is 0 Å². The van der Waals surface area contributed by atoms with Crippen LogP contribution >= 0.6 is 24.0 Å². The van der Waals surface area contributed by atoms with Crippen molar-refractivity contribution < 1.29 is 22.6 Å². The number of guanidine groups is 1. The molecule has 2 aromatic rings. The van der Waals surface area contributed by atoms with Crippen LogP contribution in [-0.4, -0.2) is 39.4 Å². The predicted octanol–water partition coefficient (Wildman–Crippen LogP) is 4.77. The normalized spacial score (nSPS) is 15.8. The summed E-state index contributed by atoms with van der Waals surface area (Å²) in [5, 5.41) is 6.47. The van der Waals surface area contributed by atoms with E-state index in [0.29, 0.717) is 31.3 Å². The van der Waals surface area contributed by atoms with Gasteiger partial charge in [-0.3, -0.25) is 4.99 Å². The molecule has 1 saturated heterocycles. The van der Waals surface area contributed by atoms with Crippen molar-refractivity contribution in [3.8, 4) is 5.75 Å². The molecule has 0 radical (unpaired) electrons. The highest BCUT2D eigenvalue weighted by Gasteiger charge is 2.35. The number of alkyl halides is 2. The molecule has 1 aliphatic heterocycles. The first-order valence-corrected chi connectivity index (χ1v) is 10.2. The molecule has 0 bridgehead atoms. The summed E-state index contributed by atoms with van der Waals surface area (Å²) in [5.41, 5.74) is 2.18. The summed E-state index contributed by atoms with van der Waals surface area (Å²) in [6, 6.07) is 11.7. The van der Waals surface area contributed by atoms with Gasteiger partial charge in [0.05, 0.1) is 0 Å². The molecular weight excluding hydrogens is 534 g/mol. The van der Waals surface area contributed by atoms with Crippen LogP contribution in [0.4, 0.5) is 13.2 Å². The Kier molecular flexibility index (Phi) is 10.1. The number of nitrogens with zero attached hydrogens (tertiary/aromatic N) is 1. The van der Waals surface area contributed by atoms with Crippen molar-refractivity contribution in [3.63, 3.8) is 0 Å². The molecule has 0 saturated carbocycles. The molecule has 2 N–H and O–H groups in total. The number of aryl methyl sites for hydroxylation is 1. The molecule has 1 heterocycles. The first kappa shape index (κ1) is 26.2. The molecule has 0 spiro atoms. The number of rotatable bonds is 7. The molecule has 176 valence electrons. The van der Waals surface area contributed by atoms with Crippen LogP contribution in [0.1, 0.15) is 29.5 Å². The van der Waals surface area contributed by atoms with Crippen LogP contribution < -0.4 is 15.4 Å². The Bertz CT molecular complexity index is 906. The highest BCUT2D eigenvalue weighted by Crippen LogP contribution is 2.34. The van der Waals surface area contributed by atoms with Crippen LogP contribution in [0.5, 0.6) is 5.75 Å². The molecule has 1 aliphatic rings. The molecule has 0 aromatic heterocycles. The Morgan fingerprint density at radius 3 is 2.56 bits per heavy atom. The highest BCUT2D eigenvalue weighted by atomic mass is 127. The second kappa shape index (κ2) is 12.3. The van der Waals surface area contributed by atoms with E-state index in [1.165, 1.54) is 12.1 Å². The molecule has 0 amide bonds. The predicted molar refractivity (Wildman–Crippen MR) is 130 cm³/mol. The van der Waals surface area contributed by atoms with Gasteiger partial charge in [0.1, 0.15) is 11.6 Å². The first-order valence-electron chi connectivity index (χ1n) is 10.2. The van der Waals surface area contributed by atoms with Crippen molar-refractivity contribution in [2.45, 2.75) is 38.3 Å². The summed E-state index contributed by atoms with van der Waals surface area (Å²) in [6.45, 7) is 0.992. The maximum Gasteiger partial charge on any atom is 0.387 e. The lowest BCUT2D eigenvalue weighted by Gasteiger charge is -2.38. The highest BCUT2D eigenvalue weighted by molar-refractivity contribution is 14.0. The topological polar surface area (TPSA) is 54.9 Å². The van der Waals surface area contributed by atoms with Gasteiger partial charge in [-0.2, -0.15) is 8.78 Å². The summed E-state index contributed by atoms with van der Waals surface area (Å²) < 4.78 is 49.4. The molecule has 0 aliphatic carbocycles. The molecule has 0 unspecified atom stereocenters. The summed E-state index contributed by atoms with van der Waals surface area (Å²) >= 11 is 0. The second-order valence-electron chi connectivity index (χ2n) is 7.67. The smallest absolute Gasteiger partial charge is 0.387 e. The molecule has 2 aromatic carbocycles. The lowest BCUT2D eigenvalue weighted by atomic mass is 9.74. The van der Waals surface area contributed by atoms with E-state index in [-0.39, 0.29) is 47.5 Å². The van der Waals surface area contributed by atoms with Crippen molar-refractivity contribution in [1.29, 1.82) is 0 Å². The summed E-state index contributed by atoms with van der Waals surface area (Å²) in [7, 11) is 1.64. The average molecular weight is 563 g/mol. The monoisotopic (exact) mass is 563 g/mol. The van der Waals surface area contributed by atoms with E-state index in [2.05, 4.69) is 20.4 Å². The fourth-order valence-electron chi connectivity index (χ4n) is 3.86. The molecule has 5 nitrogen and oxygen atoms in total. The number of benzene rings is 2. The molecule has 3 rings (SSSR count). The van der Waals surface area contributed by atoms with Crippen molar-refractivity contribution in [2.75, 3.05) is 26.8 Å². The number of halogens is 4. The molecule has 0 atom stereocenters. The van der Waals surface area contributed by atoms with E-state index in [0.717, 1.165) is 24.0 Å². The number of aliphatic imine (C=N–C) groups is 1. The quantitative estimate of drug-likeness (QED) is 0.290. The standard InChI is InChI=1S/C23H28F3N3O2.HI/c1-16-6-7-20(31-21(25)26)17(12-16)14-28-22(27-2)29-15-23(8-10-30-11-9-23)18-4-3-5-19(24)13-18;/h3-7,12-13,21H,8-11,14-15H2,1-2H3,(H2,27,28,29);1H. The molecule has 9 heteroatoms. The molecule has 32 heavy (non-hydrogen) atoms. The number of hydrogen-bond donors (Lipinski definition) is 2. The van der Waals surface area contributed by atoms with Crippen LogP contribution in [0, 0.1) is 12.7 Å². The molecular formula is C23H29F3IN3O2. The van der Waals surface area contributed by atoms with Gasteiger partial charge in [0.15, 0.2) is 5.96 Å². The zero-order valence-corrected chi connectivity index (χ0v) is 20.5. The Morgan fingerprint density at radius 1 is 1.16 bits per heavy atom. The van der Waals surface area contributed by atoms with Crippen LogP contribution in [-0.2, 0) is 16.7 Å². The summed E-state index contributed by atoms with van der Waals surface area (Å²) in [4.78, 5) is 4.24. The number of nitrogens with one attached hydrogen (secondary N) is 2. The zero-order chi connectivity index (χ0) is 22.3. The maximum absolute atomic E-state index is 13.9. The van der Waals surface area contributed by atoms with E-state index in [1.54, 1.807) is 31.3 Å². The van der Waals surface area contributed by atoms with Gasteiger partial charge in [-0.25, -0.2) is 4.39 Å². The van der Waals surface area contributed by atoms with Crippen molar-refractivity contribution in [2.24, 2.45) is 4.99 Å². The summed E-state index contributed by atoms with van der Waals surface area (Å²) in [5.74, 6) is 0.382. The van der Waals surface area contributed by atoms with E-state index in [4.69, 9.17) is 4.74 Å². The van der Waals surface area contributed by atoms with Gasteiger partial charge >= 0.3 is 6.61 Å². The van der Waals surface area contributed by atoms with Gasteiger partial charge in [-0.15, -0.1) is 24.0 Å². The lowest BCUT2D eigenvalue weighted by molar-refractivity contribution is -0.0504. The second-order valence-corrected chi connectivity index (χ2v) is 7.67. The maximum atomic E-state index is 13.9. The first-order chi connectivity index (χ1) is 14.9. The Hall–Kier alpha value is -2.01. The fraction of sp³-hybridized carbons (Fsp3) is 0.435. The SMILES string of the molecule is CN=C(NCc1cc(C)ccc1OC(F)F)NCC1(c2cccc(F)c2)CCOCC1.I. The number of ether oxygens (including phenoxy) is 2. The Morgan fingerprint density at radius 2 is 1.91 bits per heavy atom. The average Bonchev–Trinajstić information content (AvgIpc) is 2.76. The Labute approximate surface area is 203 Å². The van der Waals surface area contributed by atoms with Crippen LogP contribution in [0.15, 0.2) is 47.5 Å². The van der Waals surface area contributed by atoms with Gasteiger partial charge in [-0.05, 0) is 43.5 Å². The minimum atomic E-state index is -2.89. The van der Waals surface area contributed by atoms with E-state index in [1.807, 2.05) is 13.0 Å². The van der Waals surface area contributed by atoms with Crippen LogP contribution in [0.3, 0.4) is 0 Å². The third-order valence-corrected chi connectivity index (χ3v) is 5.58. The van der Waals surface area contributed by atoms with Gasteiger partial charge in [0.25, 0.3) is 0 Å². The fourth-order valence-corrected chi connectivity index (χ4v) is 3.86. The number of hydrogen-bond acceptors (Lipinski definition) is 3. The van der Waals surface area contributed by atoms with Gasteiger partial charge in [0.2, 0.25) is 0 Å². The van der Waals surface area contributed by atoms with E-state index in [9.17, 15) is 13.2 Å². The van der Waals surface area contributed by atoms with Gasteiger partial charge in [-0.1, -0.05) is 29.8 Å². The minimum absolute atomic E-state index is 0.